The molecule has 0 aliphatic carbocycles. The Bertz CT molecular complexity index is 1150. The Hall–Kier alpha value is -3.62. The summed E-state index contributed by atoms with van der Waals surface area (Å²) in [6, 6.07) is 8.39. The summed E-state index contributed by atoms with van der Waals surface area (Å²) in [4.78, 5) is 53.1. The molecule has 156 valence electrons. The predicted molar refractivity (Wildman–Crippen MR) is 106 cm³/mol. The van der Waals surface area contributed by atoms with Gasteiger partial charge in [-0.25, -0.2) is 4.79 Å². The average molecular weight is 411 g/mol. The Morgan fingerprint density at radius 3 is 2.70 bits per heavy atom. The van der Waals surface area contributed by atoms with Gasteiger partial charge in [-0.05, 0) is 31.0 Å². The Labute approximate surface area is 171 Å². The number of aromatic nitrogens is 2. The molecule has 0 radical (unpaired) electrons. The molecule has 2 aromatic heterocycles. The van der Waals surface area contributed by atoms with Crippen LogP contribution in [0.25, 0.3) is 11.1 Å². The van der Waals surface area contributed by atoms with E-state index < -0.39 is 24.1 Å². The Balaban J connectivity index is 1.29. The second-order valence-electron chi connectivity index (χ2n) is 7.12. The number of hydrogen-bond donors (Lipinski definition) is 1. The van der Waals surface area contributed by atoms with Crippen LogP contribution in [0.5, 0.6) is 0 Å². The number of rotatable bonds is 7. The van der Waals surface area contributed by atoms with Crippen molar-refractivity contribution in [2.45, 2.75) is 25.8 Å². The van der Waals surface area contributed by atoms with Crippen LogP contribution in [0.1, 0.15) is 40.1 Å². The van der Waals surface area contributed by atoms with Crippen LogP contribution in [0.3, 0.4) is 0 Å². The molecule has 3 aromatic rings. The summed E-state index contributed by atoms with van der Waals surface area (Å²) in [5.41, 5.74) is 1.66. The number of nitrogens with one attached hydrogen (secondary N) is 1. The first-order valence-corrected chi connectivity index (χ1v) is 9.78. The molecule has 1 N–H and O–H groups in total. The number of fused-ring (bicyclic) bond motifs is 1. The molecule has 0 unspecified atom stereocenters. The minimum atomic E-state index is -0.607. The number of ether oxygens (including phenoxy) is 1. The first-order valence-electron chi connectivity index (χ1n) is 9.78. The number of nitrogens with zero attached hydrogens (tertiary/aromatic N) is 2. The number of amides is 1. The van der Waals surface area contributed by atoms with Crippen LogP contribution in [-0.4, -0.2) is 51.8 Å². The van der Waals surface area contributed by atoms with Crippen LogP contribution in [0.4, 0.5) is 0 Å². The van der Waals surface area contributed by atoms with Crippen molar-refractivity contribution in [3.05, 3.63) is 58.3 Å². The van der Waals surface area contributed by atoms with Crippen molar-refractivity contribution in [3.63, 3.8) is 0 Å². The van der Waals surface area contributed by atoms with Crippen molar-refractivity contribution in [1.82, 2.24) is 14.5 Å². The molecule has 0 saturated carbocycles. The summed E-state index contributed by atoms with van der Waals surface area (Å²) in [6.07, 6.45) is 3.32. The Morgan fingerprint density at radius 2 is 1.90 bits per heavy atom. The summed E-state index contributed by atoms with van der Waals surface area (Å²) in [6.45, 7) is 1.08. The standard InChI is InChI=1S/C21H21N3O6/c25-17(14-11-15(22-12-14)20(27)23-8-3-4-9-23)13-29-19(26)7-10-24-16-5-1-2-6-18(16)30-21(24)28/h1-2,5-6,11-12,22H,3-4,7-10,13H2. The number of ketones is 1. The van der Waals surface area contributed by atoms with Crippen LogP contribution < -0.4 is 5.76 Å². The zero-order chi connectivity index (χ0) is 21.1. The molecule has 1 aliphatic heterocycles. The third kappa shape index (κ3) is 4.05. The highest BCUT2D eigenvalue weighted by molar-refractivity contribution is 6.01. The molecular formula is C21H21N3O6. The van der Waals surface area contributed by atoms with Gasteiger partial charge in [-0.15, -0.1) is 0 Å². The summed E-state index contributed by atoms with van der Waals surface area (Å²) in [5, 5.41) is 0. The first-order chi connectivity index (χ1) is 14.5. The number of hydrogen-bond acceptors (Lipinski definition) is 6. The van der Waals surface area contributed by atoms with Crippen molar-refractivity contribution in [3.8, 4) is 0 Å². The molecule has 1 amide bonds. The van der Waals surface area contributed by atoms with Crippen LogP contribution >= 0.6 is 0 Å². The smallest absolute Gasteiger partial charge is 0.419 e. The third-order valence-electron chi connectivity index (χ3n) is 5.11. The van der Waals surface area contributed by atoms with Gasteiger partial charge in [0, 0.05) is 31.4 Å². The highest BCUT2D eigenvalue weighted by atomic mass is 16.5. The second kappa shape index (κ2) is 8.40. The molecule has 9 nitrogen and oxygen atoms in total. The van der Waals surface area contributed by atoms with E-state index in [0.717, 1.165) is 12.8 Å². The molecule has 0 spiro atoms. The van der Waals surface area contributed by atoms with E-state index >= 15 is 0 Å². The zero-order valence-corrected chi connectivity index (χ0v) is 16.3. The number of oxazole rings is 1. The lowest BCUT2D eigenvalue weighted by atomic mass is 10.2. The number of Topliss-reactive ketones (excluding diaryl/α,β-unsaturated/α-hetero) is 1. The van der Waals surface area contributed by atoms with Crippen molar-refractivity contribution in [2.75, 3.05) is 19.7 Å². The van der Waals surface area contributed by atoms with Gasteiger partial charge in [0.15, 0.2) is 12.2 Å². The molecular weight excluding hydrogens is 390 g/mol. The van der Waals surface area contributed by atoms with Gasteiger partial charge in [0.1, 0.15) is 5.69 Å². The molecule has 0 atom stereocenters. The zero-order valence-electron chi connectivity index (χ0n) is 16.3. The van der Waals surface area contributed by atoms with Crippen LogP contribution in [-0.2, 0) is 16.1 Å². The fourth-order valence-electron chi connectivity index (χ4n) is 3.50. The maximum Gasteiger partial charge on any atom is 0.419 e. The highest BCUT2D eigenvalue weighted by Crippen LogP contribution is 2.14. The topological polar surface area (TPSA) is 115 Å². The molecule has 3 heterocycles. The van der Waals surface area contributed by atoms with E-state index in [0.29, 0.717) is 29.9 Å². The van der Waals surface area contributed by atoms with Gasteiger partial charge in [0.05, 0.1) is 11.9 Å². The largest absolute Gasteiger partial charge is 0.457 e. The number of carbonyl (C=O) groups excluding carboxylic acids is 3. The molecule has 4 rings (SSSR count). The van der Waals surface area contributed by atoms with E-state index in [1.165, 1.54) is 16.8 Å². The SMILES string of the molecule is O=C(CCn1c(=O)oc2ccccc21)OCC(=O)c1c[nH]c(C(=O)N2CCCC2)c1. The Kier molecular flexibility index (Phi) is 5.51. The third-order valence-corrected chi connectivity index (χ3v) is 5.11. The van der Waals surface area contributed by atoms with Crippen molar-refractivity contribution >= 4 is 28.8 Å². The molecule has 0 bridgehead atoms. The lowest BCUT2D eigenvalue weighted by Gasteiger charge is -2.13. The van der Waals surface area contributed by atoms with E-state index in [2.05, 4.69) is 4.98 Å². The minimum absolute atomic E-state index is 0.0808. The summed E-state index contributed by atoms with van der Waals surface area (Å²) in [5.74, 6) is -1.71. The lowest BCUT2D eigenvalue weighted by Crippen LogP contribution is -2.27. The quantitative estimate of drug-likeness (QED) is 0.470. The molecule has 30 heavy (non-hydrogen) atoms. The van der Waals surface area contributed by atoms with E-state index in [1.54, 1.807) is 29.2 Å². The number of H-pyrrole nitrogens is 1. The van der Waals surface area contributed by atoms with Crippen LogP contribution in [0, 0.1) is 0 Å². The number of para-hydroxylation sites is 2. The number of aromatic amines is 1. The Morgan fingerprint density at radius 1 is 1.13 bits per heavy atom. The minimum Gasteiger partial charge on any atom is -0.457 e. The molecule has 1 aromatic carbocycles. The maximum absolute atomic E-state index is 12.3. The summed E-state index contributed by atoms with van der Waals surface area (Å²) in [7, 11) is 0. The van der Waals surface area contributed by atoms with Crippen molar-refractivity contribution in [2.24, 2.45) is 0 Å². The summed E-state index contributed by atoms with van der Waals surface area (Å²) >= 11 is 0. The monoisotopic (exact) mass is 411 g/mol. The van der Waals surface area contributed by atoms with Gasteiger partial charge in [0.2, 0.25) is 5.78 Å². The number of carbonyl (C=O) groups is 3. The van der Waals surface area contributed by atoms with Gasteiger partial charge < -0.3 is 19.0 Å². The van der Waals surface area contributed by atoms with Gasteiger partial charge in [-0.1, -0.05) is 12.1 Å². The van der Waals surface area contributed by atoms with Gasteiger partial charge in [-0.2, -0.15) is 0 Å². The summed E-state index contributed by atoms with van der Waals surface area (Å²) < 4.78 is 11.5. The maximum atomic E-state index is 12.3. The number of likely N-dealkylation sites (tertiary alicyclic amines) is 1. The fraction of sp³-hybridized carbons (Fsp3) is 0.333. The van der Waals surface area contributed by atoms with E-state index in [4.69, 9.17) is 9.15 Å². The van der Waals surface area contributed by atoms with Gasteiger partial charge in [0.25, 0.3) is 5.91 Å². The van der Waals surface area contributed by atoms with Gasteiger partial charge >= 0.3 is 11.7 Å². The highest BCUT2D eigenvalue weighted by Gasteiger charge is 2.22. The van der Waals surface area contributed by atoms with Gasteiger partial charge in [-0.3, -0.25) is 19.0 Å². The average Bonchev–Trinajstić information content (AvgIpc) is 3.50. The van der Waals surface area contributed by atoms with E-state index in [9.17, 15) is 19.2 Å². The van der Waals surface area contributed by atoms with Crippen molar-refractivity contribution < 1.29 is 23.5 Å². The predicted octanol–water partition coefficient (Wildman–Crippen LogP) is 1.97. The lowest BCUT2D eigenvalue weighted by molar-refractivity contribution is -0.142. The molecule has 1 fully saturated rings. The van der Waals surface area contributed by atoms with Crippen LogP contribution in [0.15, 0.2) is 45.7 Å². The van der Waals surface area contributed by atoms with Crippen molar-refractivity contribution in [1.29, 1.82) is 0 Å². The van der Waals surface area contributed by atoms with E-state index in [-0.39, 0.29) is 24.4 Å². The number of esters is 1. The first kappa shape index (κ1) is 19.7. The van der Waals surface area contributed by atoms with E-state index in [1.807, 2.05) is 0 Å². The fourth-order valence-corrected chi connectivity index (χ4v) is 3.50. The second-order valence-corrected chi connectivity index (χ2v) is 7.12. The molecule has 1 aliphatic rings. The molecule has 9 heteroatoms. The van der Waals surface area contributed by atoms with Crippen LogP contribution in [0.2, 0.25) is 0 Å². The molecule has 1 saturated heterocycles. The number of aryl methyl sites for hydroxylation is 1. The number of benzene rings is 1. The normalized spacial score (nSPS) is 13.7.